The molecule has 19 heavy (non-hydrogen) atoms. The van der Waals surface area contributed by atoms with Gasteiger partial charge < -0.3 is 4.74 Å². The van der Waals surface area contributed by atoms with Gasteiger partial charge in [0.15, 0.2) is 5.69 Å². The van der Waals surface area contributed by atoms with Crippen molar-refractivity contribution in [2.45, 2.75) is 6.43 Å². The van der Waals surface area contributed by atoms with Gasteiger partial charge in [-0.2, -0.15) is 5.10 Å². The number of aromatic nitrogens is 2. The fourth-order valence-corrected chi connectivity index (χ4v) is 2.19. The summed E-state index contributed by atoms with van der Waals surface area (Å²) < 4.78 is 30.7. The lowest BCUT2D eigenvalue weighted by Gasteiger charge is -2.08. The highest BCUT2D eigenvalue weighted by molar-refractivity contribution is 9.10. The van der Waals surface area contributed by atoms with Crippen LogP contribution in [0.1, 0.15) is 22.5 Å². The summed E-state index contributed by atoms with van der Waals surface area (Å²) in [6.07, 6.45) is -2.85. The largest absolute Gasteiger partial charge is 0.464 e. The number of methoxy groups -OCH3 is 1. The summed E-state index contributed by atoms with van der Waals surface area (Å²) in [6.45, 7) is 0. The molecular formula is C11H7BrF2N2O3. The lowest BCUT2D eigenvalue weighted by Crippen LogP contribution is -2.16. The van der Waals surface area contributed by atoms with Gasteiger partial charge in [-0.1, -0.05) is 15.9 Å². The molecule has 0 aliphatic rings. The SMILES string of the molecule is COC(=O)c1n[nH]c(=O)c2c(C(F)F)cc(Br)cc12. The molecule has 0 aliphatic heterocycles. The molecule has 1 N–H and O–H groups in total. The van der Waals surface area contributed by atoms with E-state index in [1.165, 1.54) is 6.07 Å². The van der Waals surface area contributed by atoms with E-state index in [2.05, 4.69) is 25.8 Å². The summed E-state index contributed by atoms with van der Waals surface area (Å²) >= 11 is 3.06. The molecule has 2 aromatic rings. The predicted molar refractivity (Wildman–Crippen MR) is 66.4 cm³/mol. The molecule has 0 unspecified atom stereocenters. The summed E-state index contributed by atoms with van der Waals surface area (Å²) in [4.78, 5) is 23.2. The number of alkyl halides is 2. The minimum absolute atomic E-state index is 0.0141. The highest BCUT2D eigenvalue weighted by Gasteiger charge is 2.21. The average Bonchev–Trinajstić information content (AvgIpc) is 2.37. The normalized spacial score (nSPS) is 11.0. The Kier molecular flexibility index (Phi) is 3.61. The molecule has 1 aromatic carbocycles. The molecule has 1 heterocycles. The fraction of sp³-hybridized carbons (Fsp3) is 0.182. The van der Waals surface area contributed by atoms with Crippen LogP contribution in [0.4, 0.5) is 8.78 Å². The van der Waals surface area contributed by atoms with Gasteiger partial charge in [-0.15, -0.1) is 0 Å². The maximum Gasteiger partial charge on any atom is 0.359 e. The number of H-pyrrole nitrogens is 1. The number of hydrogen-bond donors (Lipinski definition) is 1. The number of fused-ring (bicyclic) bond motifs is 1. The summed E-state index contributed by atoms with van der Waals surface area (Å²) in [5.74, 6) is -0.820. The van der Waals surface area contributed by atoms with Crippen molar-refractivity contribution in [1.82, 2.24) is 10.2 Å². The lowest BCUT2D eigenvalue weighted by atomic mass is 10.1. The maximum absolute atomic E-state index is 13.0. The van der Waals surface area contributed by atoms with Crippen molar-refractivity contribution in [2.75, 3.05) is 7.11 Å². The Labute approximate surface area is 113 Å². The molecule has 5 nitrogen and oxygen atoms in total. The molecular weight excluding hydrogens is 326 g/mol. The zero-order valence-electron chi connectivity index (χ0n) is 9.54. The molecule has 1 aromatic heterocycles. The van der Waals surface area contributed by atoms with Crippen molar-refractivity contribution in [3.8, 4) is 0 Å². The van der Waals surface area contributed by atoms with Crippen LogP contribution in [0.3, 0.4) is 0 Å². The van der Waals surface area contributed by atoms with Crippen molar-refractivity contribution in [3.63, 3.8) is 0 Å². The van der Waals surface area contributed by atoms with Crippen molar-refractivity contribution in [1.29, 1.82) is 0 Å². The van der Waals surface area contributed by atoms with E-state index in [-0.39, 0.29) is 16.5 Å². The van der Waals surface area contributed by atoms with E-state index >= 15 is 0 Å². The third-order valence-corrected chi connectivity index (χ3v) is 2.96. The molecule has 100 valence electrons. The monoisotopic (exact) mass is 332 g/mol. The van der Waals surface area contributed by atoms with Gasteiger partial charge in [-0.25, -0.2) is 18.7 Å². The standard InChI is InChI=1S/C11H7BrF2N2O3/c1-19-11(18)8-5-2-4(12)3-6(9(13)14)7(5)10(17)16-15-8/h2-3,9H,1H3,(H,16,17). The van der Waals surface area contributed by atoms with Crippen molar-refractivity contribution in [3.05, 3.63) is 38.2 Å². The Morgan fingerprint density at radius 2 is 2.16 bits per heavy atom. The second kappa shape index (κ2) is 5.04. The Morgan fingerprint density at radius 3 is 2.74 bits per heavy atom. The first-order valence-electron chi connectivity index (χ1n) is 5.04. The van der Waals surface area contributed by atoms with Crippen LogP contribution < -0.4 is 5.56 Å². The van der Waals surface area contributed by atoms with Gasteiger partial charge in [0.05, 0.1) is 12.5 Å². The topological polar surface area (TPSA) is 72.0 Å². The van der Waals surface area contributed by atoms with Crippen molar-refractivity contribution < 1.29 is 18.3 Å². The smallest absolute Gasteiger partial charge is 0.359 e. The number of carbonyl (C=O) groups excluding carboxylic acids is 1. The van der Waals surface area contributed by atoms with Crippen LogP contribution in [0.2, 0.25) is 0 Å². The summed E-state index contributed by atoms with van der Waals surface area (Å²) in [5.41, 5.74) is -1.48. The zero-order chi connectivity index (χ0) is 14.2. The number of benzene rings is 1. The van der Waals surface area contributed by atoms with E-state index in [0.717, 1.165) is 13.2 Å². The second-order valence-corrected chi connectivity index (χ2v) is 4.53. The van der Waals surface area contributed by atoms with Gasteiger partial charge in [-0.3, -0.25) is 4.79 Å². The molecule has 0 saturated heterocycles. The molecule has 0 bridgehead atoms. The molecule has 0 spiro atoms. The van der Waals surface area contributed by atoms with Gasteiger partial charge in [0.25, 0.3) is 12.0 Å². The number of halogens is 3. The predicted octanol–water partition coefficient (Wildman–Crippen LogP) is 2.41. The summed E-state index contributed by atoms with van der Waals surface area (Å²) in [5, 5.41) is 5.30. The van der Waals surface area contributed by atoms with Crippen LogP contribution in [0.15, 0.2) is 21.4 Å². The number of aromatic amines is 1. The number of esters is 1. The van der Waals surface area contributed by atoms with E-state index in [0.29, 0.717) is 4.47 Å². The van der Waals surface area contributed by atoms with Gasteiger partial charge in [0.2, 0.25) is 0 Å². The van der Waals surface area contributed by atoms with E-state index in [1.54, 1.807) is 0 Å². The Bertz CT molecular complexity index is 715. The van der Waals surface area contributed by atoms with Crippen LogP contribution >= 0.6 is 15.9 Å². The molecule has 0 saturated carbocycles. The van der Waals surface area contributed by atoms with Crippen LogP contribution in [0.5, 0.6) is 0 Å². The molecule has 0 amide bonds. The van der Waals surface area contributed by atoms with Gasteiger partial charge in [0, 0.05) is 15.4 Å². The quantitative estimate of drug-likeness (QED) is 0.857. The van der Waals surface area contributed by atoms with Gasteiger partial charge in [-0.05, 0) is 12.1 Å². The summed E-state index contributed by atoms with van der Waals surface area (Å²) in [6, 6.07) is 2.50. The highest BCUT2D eigenvalue weighted by atomic mass is 79.9. The van der Waals surface area contributed by atoms with Gasteiger partial charge >= 0.3 is 5.97 Å². The number of rotatable bonds is 2. The van der Waals surface area contributed by atoms with E-state index in [9.17, 15) is 18.4 Å². The number of hydrogen-bond acceptors (Lipinski definition) is 4. The summed E-state index contributed by atoms with van der Waals surface area (Å²) in [7, 11) is 1.13. The number of nitrogens with one attached hydrogen (secondary N) is 1. The van der Waals surface area contributed by atoms with E-state index in [4.69, 9.17) is 0 Å². The maximum atomic E-state index is 13.0. The first kappa shape index (κ1) is 13.6. The second-order valence-electron chi connectivity index (χ2n) is 3.61. The minimum Gasteiger partial charge on any atom is -0.464 e. The number of ether oxygens (including phenoxy) is 1. The molecule has 0 atom stereocenters. The third-order valence-electron chi connectivity index (χ3n) is 2.50. The first-order chi connectivity index (χ1) is 8.95. The van der Waals surface area contributed by atoms with Crippen LogP contribution in [-0.2, 0) is 4.74 Å². The van der Waals surface area contributed by atoms with E-state index in [1.807, 2.05) is 5.10 Å². The fourth-order valence-electron chi connectivity index (χ4n) is 1.72. The highest BCUT2D eigenvalue weighted by Crippen LogP contribution is 2.30. The number of nitrogens with zero attached hydrogens (tertiary/aromatic N) is 1. The van der Waals surface area contributed by atoms with Crippen molar-refractivity contribution in [2.24, 2.45) is 0 Å². The average molecular weight is 333 g/mol. The Hall–Kier alpha value is -1.83. The Morgan fingerprint density at radius 1 is 1.47 bits per heavy atom. The van der Waals surface area contributed by atoms with Crippen LogP contribution in [0, 0.1) is 0 Å². The first-order valence-corrected chi connectivity index (χ1v) is 5.83. The Balaban J connectivity index is 2.95. The molecule has 0 aliphatic carbocycles. The molecule has 0 radical (unpaired) electrons. The van der Waals surface area contributed by atoms with Gasteiger partial charge in [0.1, 0.15) is 0 Å². The molecule has 0 fully saturated rings. The minimum atomic E-state index is -2.85. The lowest BCUT2D eigenvalue weighted by molar-refractivity contribution is 0.0595. The molecule has 8 heteroatoms. The zero-order valence-corrected chi connectivity index (χ0v) is 11.1. The van der Waals surface area contributed by atoms with Crippen LogP contribution in [-0.4, -0.2) is 23.3 Å². The van der Waals surface area contributed by atoms with Crippen molar-refractivity contribution >= 4 is 32.7 Å². The number of carbonyl (C=O) groups is 1. The van der Waals surface area contributed by atoms with E-state index < -0.39 is 23.5 Å². The molecule has 2 rings (SSSR count). The third kappa shape index (κ3) is 2.35. The van der Waals surface area contributed by atoms with Crippen LogP contribution in [0.25, 0.3) is 10.8 Å².